The molecule has 0 aliphatic carbocycles. The van der Waals surface area contributed by atoms with Gasteiger partial charge in [-0.15, -0.1) is 0 Å². The Hall–Kier alpha value is -0.870. The minimum absolute atomic E-state index is 0.301. The number of hydrogen-bond acceptors (Lipinski definition) is 4. The van der Waals surface area contributed by atoms with Crippen LogP contribution >= 0.6 is 0 Å². The summed E-state index contributed by atoms with van der Waals surface area (Å²) in [5, 5.41) is 10.2. The van der Waals surface area contributed by atoms with Crippen LogP contribution in [0.25, 0.3) is 0 Å². The molecule has 0 rings (SSSR count). The van der Waals surface area contributed by atoms with Crippen LogP contribution in [-0.4, -0.2) is 22.9 Å². The first kappa shape index (κ1) is 27.1. The zero-order valence-electron chi connectivity index (χ0n) is 18.9. The van der Waals surface area contributed by atoms with Gasteiger partial charge in [-0.25, -0.2) is 0 Å². The largest absolute Gasteiger partial charge is 0.444 e. The van der Waals surface area contributed by atoms with Gasteiger partial charge in [0.15, 0.2) is 6.23 Å². The number of allylic oxidation sites excluding steroid dienone is 2. The minimum Gasteiger partial charge on any atom is -0.444 e. The van der Waals surface area contributed by atoms with Gasteiger partial charge in [0.1, 0.15) is 5.60 Å². The van der Waals surface area contributed by atoms with Gasteiger partial charge in [0.2, 0.25) is 0 Å². The van der Waals surface area contributed by atoms with Crippen LogP contribution in [0.4, 0.5) is 0 Å². The summed E-state index contributed by atoms with van der Waals surface area (Å²) in [5.41, 5.74) is 4.72. The van der Waals surface area contributed by atoms with Crippen molar-refractivity contribution < 1.29 is 14.6 Å². The highest BCUT2D eigenvalue weighted by atomic mass is 16.6. The monoisotopic (exact) mass is 397 g/mol. The van der Waals surface area contributed by atoms with Crippen molar-refractivity contribution >= 4 is 5.97 Å². The number of hydrogen-bond donors (Lipinski definition) is 2. The van der Waals surface area contributed by atoms with Crippen molar-refractivity contribution in [3.05, 3.63) is 12.2 Å². The number of carbonyl (C=O) groups excluding carboxylic acids is 1. The van der Waals surface area contributed by atoms with Crippen LogP contribution in [0.15, 0.2) is 12.2 Å². The molecular formula is C24H47NO3. The van der Waals surface area contributed by atoms with Crippen LogP contribution in [0, 0.1) is 0 Å². The van der Waals surface area contributed by atoms with E-state index in [4.69, 9.17) is 10.5 Å². The molecule has 0 aliphatic rings. The van der Waals surface area contributed by atoms with Crippen molar-refractivity contribution in [3.63, 3.8) is 0 Å². The van der Waals surface area contributed by atoms with Crippen molar-refractivity contribution in [2.75, 3.05) is 0 Å². The Balaban J connectivity index is 3.50. The molecule has 0 radical (unpaired) electrons. The Bertz CT molecular complexity index is 391. The maximum absolute atomic E-state index is 11.8. The molecular weight excluding hydrogens is 350 g/mol. The lowest BCUT2D eigenvalue weighted by molar-refractivity contribution is -0.166. The SMILES string of the molecule is CCCCCCCC/C=C\CCCCCCCC(=O)OC(N)C(O)(CC)CC. The molecule has 0 fully saturated rings. The molecule has 0 aromatic heterocycles. The van der Waals surface area contributed by atoms with Gasteiger partial charge in [-0.1, -0.05) is 84.3 Å². The second kappa shape index (κ2) is 18.2. The summed E-state index contributed by atoms with van der Waals surface area (Å²) in [5.74, 6) is -0.301. The van der Waals surface area contributed by atoms with E-state index in [9.17, 15) is 9.90 Å². The lowest BCUT2D eigenvalue weighted by atomic mass is 9.96. The van der Waals surface area contributed by atoms with E-state index >= 15 is 0 Å². The number of rotatable bonds is 19. The quantitative estimate of drug-likeness (QED) is 0.114. The third-order valence-electron chi connectivity index (χ3n) is 5.66. The van der Waals surface area contributed by atoms with Crippen LogP contribution < -0.4 is 5.73 Å². The summed E-state index contributed by atoms with van der Waals surface area (Å²) in [7, 11) is 0. The van der Waals surface area contributed by atoms with Crippen molar-refractivity contribution in [1.82, 2.24) is 0 Å². The second-order valence-corrected chi connectivity index (χ2v) is 8.06. The fourth-order valence-electron chi connectivity index (χ4n) is 3.30. The third kappa shape index (κ3) is 14.2. The molecule has 0 saturated carbocycles. The summed E-state index contributed by atoms with van der Waals surface area (Å²) in [6.07, 6.45) is 21.1. The van der Waals surface area contributed by atoms with Gasteiger partial charge >= 0.3 is 5.97 Å². The predicted molar refractivity (Wildman–Crippen MR) is 119 cm³/mol. The number of esters is 1. The topological polar surface area (TPSA) is 72.5 Å². The molecule has 1 atom stereocenters. The zero-order chi connectivity index (χ0) is 21.1. The van der Waals surface area contributed by atoms with Crippen molar-refractivity contribution in [3.8, 4) is 0 Å². The molecule has 4 nitrogen and oxygen atoms in total. The van der Waals surface area contributed by atoms with Crippen molar-refractivity contribution in [2.45, 2.75) is 135 Å². The molecule has 0 amide bonds. The normalized spacial score (nSPS) is 13.2. The van der Waals surface area contributed by atoms with E-state index in [0.717, 1.165) is 19.3 Å². The van der Waals surface area contributed by atoms with E-state index in [2.05, 4.69) is 19.1 Å². The molecule has 3 N–H and O–H groups in total. The number of aliphatic hydroxyl groups is 1. The van der Waals surface area contributed by atoms with Crippen molar-refractivity contribution in [1.29, 1.82) is 0 Å². The molecule has 1 unspecified atom stereocenters. The highest BCUT2D eigenvalue weighted by molar-refractivity contribution is 5.69. The van der Waals surface area contributed by atoms with Gasteiger partial charge < -0.3 is 9.84 Å². The predicted octanol–water partition coefficient (Wildman–Crippen LogP) is 6.40. The van der Waals surface area contributed by atoms with Gasteiger partial charge in [0.25, 0.3) is 0 Å². The molecule has 0 aliphatic heterocycles. The number of unbranched alkanes of at least 4 members (excludes halogenated alkanes) is 11. The van der Waals surface area contributed by atoms with Gasteiger partial charge in [-0.2, -0.15) is 0 Å². The standard InChI is InChI=1S/C24H47NO3/c1-4-7-8-9-10-11-12-13-14-15-16-17-18-19-20-21-22(26)28-23(25)24(27,5-2)6-3/h13-14,23,27H,4-12,15-21,25H2,1-3H3/b14-13-. The first-order valence-electron chi connectivity index (χ1n) is 11.8. The van der Waals surface area contributed by atoms with Gasteiger partial charge in [0, 0.05) is 6.42 Å². The lowest BCUT2D eigenvalue weighted by Crippen LogP contribution is -2.49. The van der Waals surface area contributed by atoms with E-state index in [-0.39, 0.29) is 5.97 Å². The van der Waals surface area contributed by atoms with Crippen LogP contribution in [0.5, 0.6) is 0 Å². The van der Waals surface area contributed by atoms with E-state index in [1.807, 2.05) is 13.8 Å². The Labute approximate surface area is 174 Å². The average Bonchev–Trinajstić information content (AvgIpc) is 2.70. The first-order valence-corrected chi connectivity index (χ1v) is 11.8. The molecule has 166 valence electrons. The summed E-state index contributed by atoms with van der Waals surface area (Å²) in [6.45, 7) is 5.95. The fraction of sp³-hybridized carbons (Fsp3) is 0.875. The highest BCUT2D eigenvalue weighted by Gasteiger charge is 2.33. The molecule has 0 saturated heterocycles. The highest BCUT2D eigenvalue weighted by Crippen LogP contribution is 2.19. The fourth-order valence-corrected chi connectivity index (χ4v) is 3.30. The number of carbonyl (C=O) groups is 1. The molecule has 0 aromatic carbocycles. The van der Waals surface area contributed by atoms with Crippen molar-refractivity contribution in [2.24, 2.45) is 5.73 Å². The molecule has 0 bridgehead atoms. The van der Waals surface area contributed by atoms with Gasteiger partial charge in [0.05, 0.1) is 0 Å². The van der Waals surface area contributed by atoms with Crippen LogP contribution in [0.1, 0.15) is 124 Å². The van der Waals surface area contributed by atoms with Gasteiger partial charge in [-0.3, -0.25) is 10.5 Å². The Morgan fingerprint density at radius 2 is 1.32 bits per heavy atom. The molecule has 0 heterocycles. The first-order chi connectivity index (χ1) is 13.5. The van der Waals surface area contributed by atoms with Crippen LogP contribution in [-0.2, 0) is 9.53 Å². The van der Waals surface area contributed by atoms with Crippen LogP contribution in [0.3, 0.4) is 0 Å². The minimum atomic E-state index is -1.11. The molecule has 0 aromatic rings. The lowest BCUT2D eigenvalue weighted by Gasteiger charge is -2.31. The summed E-state index contributed by atoms with van der Waals surface area (Å²) in [4.78, 5) is 11.8. The Morgan fingerprint density at radius 3 is 1.82 bits per heavy atom. The van der Waals surface area contributed by atoms with E-state index < -0.39 is 11.8 Å². The summed E-state index contributed by atoms with van der Waals surface area (Å²) in [6, 6.07) is 0. The number of nitrogens with two attached hydrogens (primary N) is 1. The Kier molecular flexibility index (Phi) is 17.6. The van der Waals surface area contributed by atoms with Gasteiger partial charge in [-0.05, 0) is 44.9 Å². The molecule has 0 spiro atoms. The van der Waals surface area contributed by atoms with Crippen LogP contribution in [0.2, 0.25) is 0 Å². The summed E-state index contributed by atoms with van der Waals surface area (Å²) < 4.78 is 5.20. The zero-order valence-corrected chi connectivity index (χ0v) is 18.9. The smallest absolute Gasteiger partial charge is 0.307 e. The van der Waals surface area contributed by atoms with E-state index in [1.165, 1.54) is 64.2 Å². The molecule has 4 heteroatoms. The Morgan fingerprint density at radius 1 is 0.857 bits per heavy atom. The van der Waals surface area contributed by atoms with E-state index in [0.29, 0.717) is 19.3 Å². The number of ether oxygens (including phenoxy) is 1. The average molecular weight is 398 g/mol. The maximum Gasteiger partial charge on any atom is 0.307 e. The maximum atomic E-state index is 11.8. The third-order valence-corrected chi connectivity index (χ3v) is 5.66. The van der Waals surface area contributed by atoms with E-state index in [1.54, 1.807) is 0 Å². The summed E-state index contributed by atoms with van der Waals surface area (Å²) >= 11 is 0. The molecule has 28 heavy (non-hydrogen) atoms. The second-order valence-electron chi connectivity index (χ2n) is 8.06.